The molecule has 0 spiro atoms. The fourth-order valence-electron chi connectivity index (χ4n) is 2.79. The third-order valence-electron chi connectivity index (χ3n) is 3.39. The minimum absolute atomic E-state index is 0.453. The van der Waals surface area contributed by atoms with Gasteiger partial charge in [-0.15, -0.1) is 0 Å². The summed E-state index contributed by atoms with van der Waals surface area (Å²) >= 11 is 0. The molecule has 1 saturated heterocycles. The van der Waals surface area contributed by atoms with Gasteiger partial charge in [-0.1, -0.05) is 20.8 Å². The van der Waals surface area contributed by atoms with Crippen molar-refractivity contribution in [3.05, 3.63) is 0 Å². The lowest BCUT2D eigenvalue weighted by Crippen LogP contribution is -2.43. The van der Waals surface area contributed by atoms with Crippen LogP contribution in [0.2, 0.25) is 0 Å². The minimum Gasteiger partial charge on any atom is -0.296 e. The zero-order valence-electron chi connectivity index (χ0n) is 9.93. The molecule has 1 unspecified atom stereocenters. The first kappa shape index (κ1) is 11.0. The minimum atomic E-state index is 0.453. The maximum atomic E-state index is 2.69. The summed E-state index contributed by atoms with van der Waals surface area (Å²) in [7, 11) is 0. The van der Waals surface area contributed by atoms with Crippen LogP contribution in [0.5, 0.6) is 0 Å². The lowest BCUT2D eigenvalue weighted by molar-refractivity contribution is 0.125. The van der Waals surface area contributed by atoms with Gasteiger partial charge in [-0.05, 0) is 45.6 Å². The van der Waals surface area contributed by atoms with E-state index in [1.165, 1.54) is 25.8 Å². The Bertz CT molecular complexity index is 161. The van der Waals surface area contributed by atoms with Crippen LogP contribution in [0, 0.1) is 5.92 Å². The van der Waals surface area contributed by atoms with E-state index in [-0.39, 0.29) is 0 Å². The van der Waals surface area contributed by atoms with Crippen molar-refractivity contribution in [1.82, 2.24) is 4.90 Å². The Morgan fingerprint density at radius 2 is 2.00 bits per heavy atom. The van der Waals surface area contributed by atoms with Crippen molar-refractivity contribution in [1.29, 1.82) is 0 Å². The second kappa shape index (κ2) is 4.00. The van der Waals surface area contributed by atoms with Crippen LogP contribution in [0.4, 0.5) is 0 Å². The largest absolute Gasteiger partial charge is 0.296 e. The highest BCUT2D eigenvalue weighted by atomic mass is 15.2. The van der Waals surface area contributed by atoms with Gasteiger partial charge in [0.25, 0.3) is 0 Å². The Morgan fingerprint density at radius 1 is 1.38 bits per heavy atom. The number of hydrogen-bond donors (Lipinski definition) is 0. The highest BCUT2D eigenvalue weighted by molar-refractivity contribution is 4.93. The number of nitrogens with zero attached hydrogens (tertiary/aromatic N) is 1. The van der Waals surface area contributed by atoms with Crippen molar-refractivity contribution in [3.63, 3.8) is 0 Å². The van der Waals surface area contributed by atoms with E-state index in [0.29, 0.717) is 5.54 Å². The van der Waals surface area contributed by atoms with Crippen LogP contribution in [0.15, 0.2) is 0 Å². The summed E-state index contributed by atoms with van der Waals surface area (Å²) in [5.41, 5.74) is 0.453. The standard InChI is InChI=1S/C12H25N/c1-6-13-11(9-10(2)3)7-8-12(13,4)5/h10-11H,6-9H2,1-5H3. The number of likely N-dealkylation sites (tertiary alicyclic amines) is 1. The van der Waals surface area contributed by atoms with Gasteiger partial charge in [0.05, 0.1) is 0 Å². The van der Waals surface area contributed by atoms with E-state index in [0.717, 1.165) is 12.0 Å². The second-order valence-electron chi connectivity index (χ2n) is 5.42. The van der Waals surface area contributed by atoms with Gasteiger partial charge >= 0.3 is 0 Å². The van der Waals surface area contributed by atoms with Crippen molar-refractivity contribution in [3.8, 4) is 0 Å². The van der Waals surface area contributed by atoms with Gasteiger partial charge in [-0.3, -0.25) is 4.90 Å². The monoisotopic (exact) mass is 183 g/mol. The van der Waals surface area contributed by atoms with E-state index in [1.807, 2.05) is 0 Å². The fourth-order valence-corrected chi connectivity index (χ4v) is 2.79. The normalized spacial score (nSPS) is 28.6. The summed E-state index contributed by atoms with van der Waals surface area (Å²) in [6, 6.07) is 0.847. The summed E-state index contributed by atoms with van der Waals surface area (Å²) in [6.45, 7) is 12.9. The first-order valence-electron chi connectivity index (χ1n) is 5.74. The molecule has 1 aliphatic heterocycles. The van der Waals surface area contributed by atoms with E-state index < -0.39 is 0 Å². The Hall–Kier alpha value is -0.0400. The van der Waals surface area contributed by atoms with Crippen molar-refractivity contribution in [2.24, 2.45) is 5.92 Å². The van der Waals surface area contributed by atoms with Gasteiger partial charge in [-0.25, -0.2) is 0 Å². The molecule has 0 amide bonds. The van der Waals surface area contributed by atoms with Crippen LogP contribution in [-0.4, -0.2) is 23.0 Å². The van der Waals surface area contributed by atoms with E-state index in [2.05, 4.69) is 39.5 Å². The summed E-state index contributed by atoms with van der Waals surface area (Å²) in [6.07, 6.45) is 4.15. The zero-order chi connectivity index (χ0) is 10.1. The van der Waals surface area contributed by atoms with Crippen LogP contribution < -0.4 is 0 Å². The summed E-state index contributed by atoms with van der Waals surface area (Å²) in [4.78, 5) is 2.69. The van der Waals surface area contributed by atoms with Gasteiger partial charge in [0.1, 0.15) is 0 Å². The van der Waals surface area contributed by atoms with E-state index in [9.17, 15) is 0 Å². The van der Waals surface area contributed by atoms with Gasteiger partial charge in [0.2, 0.25) is 0 Å². The van der Waals surface area contributed by atoms with Crippen LogP contribution in [0.25, 0.3) is 0 Å². The zero-order valence-corrected chi connectivity index (χ0v) is 9.93. The molecule has 0 aromatic heterocycles. The molecule has 1 nitrogen and oxygen atoms in total. The Morgan fingerprint density at radius 3 is 2.46 bits per heavy atom. The summed E-state index contributed by atoms with van der Waals surface area (Å²) in [5.74, 6) is 0.841. The molecule has 0 bridgehead atoms. The fraction of sp³-hybridized carbons (Fsp3) is 1.00. The van der Waals surface area contributed by atoms with E-state index in [4.69, 9.17) is 0 Å². The third kappa shape index (κ3) is 2.46. The Kier molecular flexibility index (Phi) is 3.39. The molecule has 78 valence electrons. The summed E-state index contributed by atoms with van der Waals surface area (Å²) in [5, 5.41) is 0. The maximum Gasteiger partial charge on any atom is 0.0156 e. The lowest BCUT2D eigenvalue weighted by atomic mass is 10.0. The lowest BCUT2D eigenvalue weighted by Gasteiger charge is -2.35. The van der Waals surface area contributed by atoms with Gasteiger partial charge in [0.15, 0.2) is 0 Å². The smallest absolute Gasteiger partial charge is 0.0156 e. The number of hydrogen-bond acceptors (Lipinski definition) is 1. The molecule has 0 saturated carbocycles. The SMILES string of the molecule is CCN1C(CC(C)C)CCC1(C)C. The summed E-state index contributed by atoms with van der Waals surface area (Å²) < 4.78 is 0. The van der Waals surface area contributed by atoms with Crippen molar-refractivity contribution in [2.75, 3.05) is 6.54 Å². The van der Waals surface area contributed by atoms with Gasteiger partial charge < -0.3 is 0 Å². The van der Waals surface area contributed by atoms with Gasteiger partial charge in [0, 0.05) is 11.6 Å². The maximum absolute atomic E-state index is 2.69. The molecule has 0 aliphatic carbocycles. The van der Waals surface area contributed by atoms with Crippen LogP contribution in [0.3, 0.4) is 0 Å². The highest BCUT2D eigenvalue weighted by Gasteiger charge is 2.37. The molecule has 1 atom stereocenters. The highest BCUT2D eigenvalue weighted by Crippen LogP contribution is 2.35. The molecule has 1 aliphatic rings. The van der Waals surface area contributed by atoms with E-state index in [1.54, 1.807) is 0 Å². The average molecular weight is 183 g/mol. The third-order valence-corrected chi connectivity index (χ3v) is 3.39. The van der Waals surface area contributed by atoms with Crippen LogP contribution in [-0.2, 0) is 0 Å². The second-order valence-corrected chi connectivity index (χ2v) is 5.42. The predicted molar refractivity (Wildman–Crippen MR) is 58.9 cm³/mol. The first-order chi connectivity index (χ1) is 5.97. The topological polar surface area (TPSA) is 3.24 Å². The first-order valence-corrected chi connectivity index (χ1v) is 5.74. The van der Waals surface area contributed by atoms with E-state index >= 15 is 0 Å². The number of rotatable bonds is 3. The van der Waals surface area contributed by atoms with Gasteiger partial charge in [-0.2, -0.15) is 0 Å². The molecule has 1 heteroatoms. The van der Waals surface area contributed by atoms with Crippen molar-refractivity contribution in [2.45, 2.75) is 65.5 Å². The Labute approximate surface area is 83.5 Å². The van der Waals surface area contributed by atoms with Crippen LogP contribution in [0.1, 0.15) is 53.9 Å². The molecule has 0 aromatic carbocycles. The predicted octanol–water partition coefficient (Wildman–Crippen LogP) is 3.30. The quantitative estimate of drug-likeness (QED) is 0.649. The van der Waals surface area contributed by atoms with Crippen molar-refractivity contribution >= 4 is 0 Å². The average Bonchev–Trinajstić information content (AvgIpc) is 2.25. The van der Waals surface area contributed by atoms with Crippen molar-refractivity contribution < 1.29 is 0 Å². The molecule has 0 radical (unpaired) electrons. The molecule has 0 N–H and O–H groups in total. The Balaban J connectivity index is 2.58. The molecular formula is C12H25N. The molecule has 1 fully saturated rings. The molecule has 0 aromatic rings. The molecule has 1 rings (SSSR count). The molecule has 1 heterocycles. The molecular weight excluding hydrogens is 158 g/mol. The molecule has 13 heavy (non-hydrogen) atoms. The van der Waals surface area contributed by atoms with Crippen LogP contribution >= 0.6 is 0 Å².